The number of pyridine rings is 2. The van der Waals surface area contributed by atoms with Crippen molar-refractivity contribution in [2.24, 2.45) is 11.3 Å². The molecule has 2 saturated heterocycles. The Bertz CT molecular complexity index is 2760. The first-order valence-corrected chi connectivity index (χ1v) is 27.4. The highest BCUT2D eigenvalue weighted by atomic mass is 32.2. The van der Waals surface area contributed by atoms with Gasteiger partial charge in [0, 0.05) is 87.2 Å². The summed E-state index contributed by atoms with van der Waals surface area (Å²) in [6.45, 7) is 14.1. The van der Waals surface area contributed by atoms with Crippen LogP contribution in [-0.4, -0.2) is 110 Å². The number of aliphatic hydroxyl groups is 1. The quantitative estimate of drug-likeness (QED) is 0.0976. The molecule has 0 radical (unpaired) electrons. The van der Waals surface area contributed by atoms with Crippen molar-refractivity contribution in [3.63, 3.8) is 0 Å². The maximum absolute atomic E-state index is 15.0. The van der Waals surface area contributed by atoms with Crippen LogP contribution in [0, 0.1) is 11.3 Å². The van der Waals surface area contributed by atoms with Gasteiger partial charge in [-0.2, -0.15) is 0 Å². The van der Waals surface area contributed by atoms with E-state index in [9.17, 15) is 18.3 Å². The molecular weight excluding hydrogens is 922 g/mol. The van der Waals surface area contributed by atoms with E-state index in [4.69, 9.17) is 14.2 Å². The third-order valence-electron chi connectivity index (χ3n) is 16.3. The molecule has 2 aliphatic heterocycles. The molecule has 4 aromatic rings. The number of carbonyl (C=O) groups is 1. The number of carbonyl (C=O) groups excluding carboxylic acids is 1. The molecular formula is C55H70FN7O7S. The SMILES string of the molecule is CCOc1nc2c(cc1Oc1cc(N3CCC4(CC3)CC(N3CCN(C5CC5)C[C@H]3c3ccccc3C(C)C)C4)ccc1C(=O)NS(=O)(=O)c1cnc(NCC3CCC(C)(O)CC3)c(OC)c1)C(F)=CC2. The number of benzene rings is 2. The van der Waals surface area contributed by atoms with Crippen LogP contribution in [0.4, 0.5) is 15.9 Å². The van der Waals surface area contributed by atoms with Crippen LogP contribution in [-0.2, 0) is 16.4 Å². The van der Waals surface area contributed by atoms with E-state index in [0.29, 0.717) is 61.2 Å². The minimum atomic E-state index is -4.47. The first-order chi connectivity index (χ1) is 34.1. The highest BCUT2D eigenvalue weighted by molar-refractivity contribution is 7.90. The Morgan fingerprint density at radius 2 is 1.70 bits per heavy atom. The Labute approximate surface area is 418 Å². The molecule has 6 aliphatic rings. The van der Waals surface area contributed by atoms with Crippen LogP contribution in [0.25, 0.3) is 5.83 Å². The van der Waals surface area contributed by atoms with Gasteiger partial charge in [0.2, 0.25) is 0 Å². The normalized spacial score (nSPS) is 23.8. The lowest BCUT2D eigenvalue weighted by Gasteiger charge is -2.58. The van der Waals surface area contributed by atoms with Gasteiger partial charge in [0.25, 0.3) is 21.8 Å². The number of amides is 1. The van der Waals surface area contributed by atoms with E-state index in [1.165, 1.54) is 68.3 Å². The van der Waals surface area contributed by atoms with E-state index < -0.39 is 27.4 Å². The number of hydrogen-bond acceptors (Lipinski definition) is 13. The predicted molar refractivity (Wildman–Crippen MR) is 273 cm³/mol. The molecule has 4 heterocycles. The number of aromatic nitrogens is 2. The number of rotatable bonds is 16. The second kappa shape index (κ2) is 20.0. The monoisotopic (exact) mass is 992 g/mol. The zero-order valence-corrected chi connectivity index (χ0v) is 42.7. The van der Waals surface area contributed by atoms with E-state index in [1.807, 2.05) is 19.9 Å². The van der Waals surface area contributed by atoms with E-state index in [0.717, 1.165) is 70.1 Å². The molecule has 380 valence electrons. The number of halogens is 1. The standard InChI is InChI=1S/C55H70FN7O7S/c1-6-69-53-50(29-44-45(56)15-16-46(44)59-53)70-48-27-38(13-14-43(48)52(64)60-71(66,67)40-28-49(68-5)51(58-33-40)57-32-36-17-19-54(4,65)20-18-36)61-23-21-55(22-24-61)30-39(31-55)63-26-25-62(37-11-12-37)34-47(63)42-10-8-7-9-41(42)35(2)3/h7-10,13-15,27-29,33,35-37,39,47,65H,6,11-12,16-26,30-32,34H2,1-5H3,(H,57,58)(H,60,64)/t36?,47-,54?/m0/s1. The fraction of sp³-hybridized carbons (Fsp3) is 0.545. The maximum atomic E-state index is 15.0. The number of piperidine rings is 1. The van der Waals surface area contributed by atoms with Gasteiger partial charge in [0.1, 0.15) is 16.5 Å². The number of hydrogen-bond donors (Lipinski definition) is 3. The second-order valence-electron chi connectivity index (χ2n) is 21.5. The van der Waals surface area contributed by atoms with Gasteiger partial charge in [0.15, 0.2) is 17.3 Å². The minimum absolute atomic E-state index is 0.0494. The van der Waals surface area contributed by atoms with Crippen LogP contribution < -0.4 is 29.1 Å². The first-order valence-electron chi connectivity index (χ1n) is 25.9. The van der Waals surface area contributed by atoms with Crippen LogP contribution in [0.15, 0.2) is 71.8 Å². The Balaban J connectivity index is 0.861. The number of nitrogens with one attached hydrogen (secondary N) is 2. The number of piperazine rings is 1. The van der Waals surface area contributed by atoms with Crippen LogP contribution in [0.2, 0.25) is 0 Å². The third kappa shape index (κ3) is 10.5. The van der Waals surface area contributed by atoms with Gasteiger partial charge in [-0.1, -0.05) is 38.1 Å². The van der Waals surface area contributed by atoms with Gasteiger partial charge < -0.3 is 29.5 Å². The van der Waals surface area contributed by atoms with Crippen molar-refractivity contribution in [3.8, 4) is 23.1 Å². The number of sulfonamides is 1. The number of nitrogens with zero attached hydrogens (tertiary/aromatic N) is 5. The lowest BCUT2D eigenvalue weighted by Crippen LogP contribution is -2.60. The van der Waals surface area contributed by atoms with Crippen molar-refractivity contribution < 1.29 is 36.9 Å². The number of methoxy groups -OCH3 is 1. The van der Waals surface area contributed by atoms with Crippen LogP contribution in [0.3, 0.4) is 0 Å². The fourth-order valence-electron chi connectivity index (χ4n) is 11.9. The highest BCUT2D eigenvalue weighted by Crippen LogP contribution is 2.54. The molecule has 14 nitrogen and oxygen atoms in total. The molecule has 3 N–H and O–H groups in total. The summed E-state index contributed by atoms with van der Waals surface area (Å²) in [6.07, 6.45) is 13.1. The van der Waals surface area contributed by atoms with E-state index in [-0.39, 0.29) is 51.2 Å². The molecule has 2 aromatic heterocycles. The summed E-state index contributed by atoms with van der Waals surface area (Å²) in [5.41, 5.74) is 4.12. The van der Waals surface area contributed by atoms with Crippen LogP contribution in [0.1, 0.15) is 137 Å². The van der Waals surface area contributed by atoms with Crippen molar-refractivity contribution in [1.29, 1.82) is 0 Å². The summed E-state index contributed by atoms with van der Waals surface area (Å²) in [7, 11) is -3.04. The molecule has 71 heavy (non-hydrogen) atoms. The van der Waals surface area contributed by atoms with Gasteiger partial charge in [-0.05, 0) is 131 Å². The van der Waals surface area contributed by atoms with E-state index >= 15 is 4.39 Å². The van der Waals surface area contributed by atoms with Gasteiger partial charge in [-0.3, -0.25) is 14.6 Å². The van der Waals surface area contributed by atoms with Crippen LogP contribution in [0.5, 0.6) is 23.1 Å². The zero-order valence-electron chi connectivity index (χ0n) is 41.9. The van der Waals surface area contributed by atoms with Crippen molar-refractivity contribution in [1.82, 2.24) is 24.5 Å². The average molecular weight is 992 g/mol. The maximum Gasteiger partial charge on any atom is 0.268 e. The largest absolute Gasteiger partial charge is 0.493 e. The average Bonchev–Trinajstić information content (AvgIpc) is 4.15. The topological polar surface area (TPSA) is 159 Å². The Morgan fingerprint density at radius 3 is 2.42 bits per heavy atom. The predicted octanol–water partition coefficient (Wildman–Crippen LogP) is 9.41. The van der Waals surface area contributed by atoms with Crippen LogP contribution >= 0.6 is 0 Å². The second-order valence-corrected chi connectivity index (χ2v) is 23.2. The lowest BCUT2D eigenvalue weighted by molar-refractivity contribution is -0.0628. The molecule has 0 unspecified atom stereocenters. The fourth-order valence-corrected chi connectivity index (χ4v) is 12.8. The van der Waals surface area contributed by atoms with E-state index in [2.05, 4.69) is 72.8 Å². The lowest BCUT2D eigenvalue weighted by atomic mass is 9.59. The summed E-state index contributed by atoms with van der Waals surface area (Å²) >= 11 is 0. The molecule has 5 fully saturated rings. The van der Waals surface area contributed by atoms with Crippen molar-refractivity contribution >= 4 is 33.3 Å². The van der Waals surface area contributed by atoms with Crippen molar-refractivity contribution in [2.45, 2.75) is 133 Å². The molecule has 2 aromatic carbocycles. The van der Waals surface area contributed by atoms with Gasteiger partial charge >= 0.3 is 0 Å². The molecule has 1 atom stereocenters. The van der Waals surface area contributed by atoms with E-state index in [1.54, 1.807) is 12.1 Å². The smallest absolute Gasteiger partial charge is 0.268 e. The number of anilines is 2. The number of fused-ring (bicyclic) bond motifs is 1. The Morgan fingerprint density at radius 1 is 0.944 bits per heavy atom. The van der Waals surface area contributed by atoms with Crippen molar-refractivity contribution in [3.05, 3.63) is 94.8 Å². The molecule has 3 saturated carbocycles. The van der Waals surface area contributed by atoms with Gasteiger partial charge in [0.05, 0.1) is 36.8 Å². The minimum Gasteiger partial charge on any atom is -0.493 e. The molecule has 1 spiro atoms. The summed E-state index contributed by atoms with van der Waals surface area (Å²) in [5.74, 6) is 0.324. The van der Waals surface area contributed by atoms with Gasteiger partial charge in [-0.15, -0.1) is 0 Å². The summed E-state index contributed by atoms with van der Waals surface area (Å²) in [5, 5.41) is 13.7. The Hall–Kier alpha value is -5.29. The molecule has 4 aliphatic carbocycles. The third-order valence-corrected chi connectivity index (χ3v) is 17.6. The highest BCUT2D eigenvalue weighted by Gasteiger charge is 2.51. The van der Waals surface area contributed by atoms with Crippen molar-refractivity contribution in [2.75, 3.05) is 63.2 Å². The summed E-state index contributed by atoms with van der Waals surface area (Å²) in [6, 6.07) is 18.8. The molecule has 1 amide bonds. The molecule has 16 heteroatoms. The number of ether oxygens (including phenoxy) is 3. The zero-order chi connectivity index (χ0) is 49.7. The number of allylic oxidation sites excluding steroid dienone is 1. The first kappa shape index (κ1) is 49.3. The summed E-state index contributed by atoms with van der Waals surface area (Å²) < 4.78 is 63.1. The molecule has 10 rings (SSSR count). The Kier molecular flexibility index (Phi) is 13.9. The summed E-state index contributed by atoms with van der Waals surface area (Å²) in [4.78, 5) is 30.8. The van der Waals surface area contributed by atoms with Gasteiger partial charge in [-0.25, -0.2) is 27.5 Å². The molecule has 0 bridgehead atoms.